The molecule has 0 aliphatic carbocycles. The molecule has 0 N–H and O–H groups in total. The monoisotopic (exact) mass is 217 g/mol. The van der Waals surface area contributed by atoms with Gasteiger partial charge < -0.3 is 9.30 Å². The number of ether oxygens (including phenoxy) is 1. The van der Waals surface area contributed by atoms with Crippen molar-refractivity contribution in [2.75, 3.05) is 13.2 Å². The Labute approximate surface area is 96.8 Å². The average molecular weight is 217 g/mol. The van der Waals surface area contributed by atoms with Crippen LogP contribution in [0.2, 0.25) is 0 Å². The van der Waals surface area contributed by atoms with Crippen molar-refractivity contribution in [3.63, 3.8) is 0 Å². The number of hydrogen-bond acceptors (Lipinski definition) is 1. The van der Waals surface area contributed by atoms with Crippen molar-refractivity contribution in [3.8, 4) is 0 Å². The molecule has 1 aromatic carbocycles. The highest BCUT2D eigenvalue weighted by Crippen LogP contribution is 2.17. The van der Waals surface area contributed by atoms with Crippen molar-refractivity contribution < 1.29 is 4.74 Å². The van der Waals surface area contributed by atoms with E-state index in [1.54, 1.807) is 0 Å². The Morgan fingerprint density at radius 2 is 2.12 bits per heavy atom. The first-order chi connectivity index (χ1) is 7.81. The van der Waals surface area contributed by atoms with E-state index in [0.717, 1.165) is 26.2 Å². The largest absolute Gasteiger partial charge is 0.382 e. The molecule has 2 aromatic rings. The molecule has 0 atom stereocenters. The van der Waals surface area contributed by atoms with Crippen LogP contribution < -0.4 is 0 Å². The van der Waals surface area contributed by atoms with Crippen molar-refractivity contribution in [3.05, 3.63) is 36.0 Å². The average Bonchev–Trinajstić information content (AvgIpc) is 2.67. The Morgan fingerprint density at radius 1 is 1.25 bits per heavy atom. The minimum Gasteiger partial charge on any atom is -0.382 e. The Balaban J connectivity index is 2.09. The van der Waals surface area contributed by atoms with Crippen molar-refractivity contribution in [2.45, 2.75) is 26.8 Å². The predicted molar refractivity (Wildman–Crippen MR) is 67.8 cm³/mol. The van der Waals surface area contributed by atoms with Crippen molar-refractivity contribution in [2.24, 2.45) is 0 Å². The second kappa shape index (κ2) is 5.17. The summed E-state index contributed by atoms with van der Waals surface area (Å²) in [6.07, 6.45) is 3.24. The highest BCUT2D eigenvalue weighted by atomic mass is 16.5. The van der Waals surface area contributed by atoms with E-state index in [0.29, 0.717) is 0 Å². The normalized spacial score (nSPS) is 11.1. The fraction of sp³-hybridized carbons (Fsp3) is 0.429. The molecule has 0 radical (unpaired) electrons. The number of benzene rings is 1. The Bertz CT molecular complexity index is 459. The number of aromatic nitrogens is 1. The number of nitrogens with zero attached hydrogens (tertiary/aromatic N) is 1. The Morgan fingerprint density at radius 3 is 2.94 bits per heavy atom. The molecule has 1 heterocycles. The first kappa shape index (κ1) is 11.2. The number of aryl methyl sites for hydroxylation is 2. The van der Waals surface area contributed by atoms with E-state index in [4.69, 9.17) is 4.74 Å². The van der Waals surface area contributed by atoms with Crippen LogP contribution in [0.1, 0.15) is 18.9 Å². The minimum atomic E-state index is 0.811. The fourth-order valence-electron chi connectivity index (χ4n) is 1.97. The molecule has 0 amide bonds. The molecule has 86 valence electrons. The van der Waals surface area contributed by atoms with E-state index in [-0.39, 0.29) is 0 Å². The first-order valence-corrected chi connectivity index (χ1v) is 5.94. The van der Waals surface area contributed by atoms with E-state index < -0.39 is 0 Å². The molecule has 2 nitrogen and oxygen atoms in total. The van der Waals surface area contributed by atoms with Gasteiger partial charge >= 0.3 is 0 Å². The number of hydrogen-bond donors (Lipinski definition) is 0. The molecular weight excluding hydrogens is 198 g/mol. The molecule has 0 saturated heterocycles. The minimum absolute atomic E-state index is 0.811. The predicted octanol–water partition coefficient (Wildman–Crippen LogP) is 3.38. The van der Waals surface area contributed by atoms with E-state index in [1.165, 1.54) is 16.5 Å². The lowest BCUT2D eigenvalue weighted by molar-refractivity contribution is 0.142. The summed E-state index contributed by atoms with van der Waals surface area (Å²) in [6.45, 7) is 6.87. The molecule has 0 fully saturated rings. The Hall–Kier alpha value is -1.28. The van der Waals surface area contributed by atoms with Gasteiger partial charge in [-0.15, -0.1) is 0 Å². The van der Waals surface area contributed by atoms with Crippen molar-refractivity contribution in [1.82, 2.24) is 4.57 Å². The van der Waals surface area contributed by atoms with Gasteiger partial charge in [-0.1, -0.05) is 12.1 Å². The summed E-state index contributed by atoms with van der Waals surface area (Å²) in [5.41, 5.74) is 2.65. The van der Waals surface area contributed by atoms with E-state index in [2.05, 4.69) is 42.0 Å². The van der Waals surface area contributed by atoms with Crippen LogP contribution in [0.15, 0.2) is 30.5 Å². The Kier molecular flexibility index (Phi) is 3.62. The van der Waals surface area contributed by atoms with Gasteiger partial charge in [-0.2, -0.15) is 0 Å². The molecular formula is C14H19NO. The summed E-state index contributed by atoms with van der Waals surface area (Å²) in [6, 6.07) is 8.77. The smallest absolute Gasteiger partial charge is 0.0482 e. The van der Waals surface area contributed by atoms with Gasteiger partial charge in [0.25, 0.3) is 0 Å². The van der Waals surface area contributed by atoms with Gasteiger partial charge in [-0.05, 0) is 43.4 Å². The highest BCUT2D eigenvalue weighted by molar-refractivity contribution is 5.80. The standard InChI is InChI=1S/C14H19NO/c1-3-16-10-4-8-15-9-7-13-6-5-12(2)11-14(13)15/h5-7,9,11H,3-4,8,10H2,1-2H3. The summed E-state index contributed by atoms with van der Waals surface area (Å²) in [5.74, 6) is 0. The molecule has 2 heteroatoms. The fourth-order valence-corrected chi connectivity index (χ4v) is 1.97. The maximum Gasteiger partial charge on any atom is 0.0482 e. The van der Waals surface area contributed by atoms with Crippen LogP contribution in [-0.4, -0.2) is 17.8 Å². The van der Waals surface area contributed by atoms with Crippen LogP contribution in [-0.2, 0) is 11.3 Å². The van der Waals surface area contributed by atoms with E-state index in [1.807, 2.05) is 6.92 Å². The van der Waals surface area contributed by atoms with Gasteiger partial charge in [0.05, 0.1) is 0 Å². The molecule has 0 aliphatic heterocycles. The SMILES string of the molecule is CCOCCCn1ccc2ccc(C)cc21. The third kappa shape index (κ3) is 2.45. The molecule has 16 heavy (non-hydrogen) atoms. The number of fused-ring (bicyclic) bond motifs is 1. The lowest BCUT2D eigenvalue weighted by Crippen LogP contribution is -2.01. The molecule has 0 saturated carbocycles. The van der Waals surface area contributed by atoms with Gasteiger partial charge in [0.2, 0.25) is 0 Å². The molecule has 0 bridgehead atoms. The maximum atomic E-state index is 5.35. The van der Waals surface area contributed by atoms with Crippen LogP contribution in [0, 0.1) is 6.92 Å². The summed E-state index contributed by atoms with van der Waals surface area (Å²) >= 11 is 0. The zero-order chi connectivity index (χ0) is 11.4. The third-order valence-electron chi connectivity index (χ3n) is 2.82. The van der Waals surface area contributed by atoms with E-state index in [9.17, 15) is 0 Å². The molecule has 0 aliphatic rings. The lowest BCUT2D eigenvalue weighted by atomic mass is 10.2. The second-order valence-corrected chi connectivity index (χ2v) is 4.12. The summed E-state index contributed by atoms with van der Waals surface area (Å²) < 4.78 is 7.66. The zero-order valence-electron chi connectivity index (χ0n) is 10.1. The van der Waals surface area contributed by atoms with Crippen molar-refractivity contribution >= 4 is 10.9 Å². The molecule has 0 unspecified atom stereocenters. The topological polar surface area (TPSA) is 14.2 Å². The van der Waals surface area contributed by atoms with Gasteiger partial charge in [-0.3, -0.25) is 0 Å². The molecule has 1 aromatic heterocycles. The third-order valence-corrected chi connectivity index (χ3v) is 2.82. The molecule has 0 spiro atoms. The van der Waals surface area contributed by atoms with Gasteiger partial charge in [0, 0.05) is 31.5 Å². The summed E-state index contributed by atoms with van der Waals surface area (Å²) in [4.78, 5) is 0. The molecule has 2 rings (SSSR count). The lowest BCUT2D eigenvalue weighted by Gasteiger charge is -2.06. The highest BCUT2D eigenvalue weighted by Gasteiger charge is 2.00. The second-order valence-electron chi connectivity index (χ2n) is 4.12. The summed E-state index contributed by atoms with van der Waals surface area (Å²) in [5, 5.41) is 1.32. The zero-order valence-corrected chi connectivity index (χ0v) is 10.1. The van der Waals surface area contributed by atoms with Crippen LogP contribution in [0.25, 0.3) is 10.9 Å². The number of rotatable bonds is 5. The summed E-state index contributed by atoms with van der Waals surface area (Å²) in [7, 11) is 0. The van der Waals surface area contributed by atoms with Crippen LogP contribution in [0.3, 0.4) is 0 Å². The van der Waals surface area contributed by atoms with Gasteiger partial charge in [0.1, 0.15) is 0 Å². The van der Waals surface area contributed by atoms with E-state index >= 15 is 0 Å². The van der Waals surface area contributed by atoms with Crippen LogP contribution >= 0.6 is 0 Å². The first-order valence-electron chi connectivity index (χ1n) is 5.94. The van der Waals surface area contributed by atoms with Crippen LogP contribution in [0.5, 0.6) is 0 Å². The van der Waals surface area contributed by atoms with Gasteiger partial charge in [-0.25, -0.2) is 0 Å². The van der Waals surface area contributed by atoms with Crippen LogP contribution in [0.4, 0.5) is 0 Å². The van der Waals surface area contributed by atoms with Crippen molar-refractivity contribution in [1.29, 1.82) is 0 Å². The quantitative estimate of drug-likeness (QED) is 0.700. The maximum absolute atomic E-state index is 5.35. The van der Waals surface area contributed by atoms with Gasteiger partial charge in [0.15, 0.2) is 0 Å².